The van der Waals surface area contributed by atoms with Crippen LogP contribution >= 0.6 is 23.4 Å². The van der Waals surface area contributed by atoms with E-state index in [0.29, 0.717) is 11.4 Å². The van der Waals surface area contributed by atoms with E-state index in [4.69, 9.17) is 16.1 Å². The van der Waals surface area contributed by atoms with Crippen LogP contribution in [0.4, 0.5) is 5.69 Å². The minimum absolute atomic E-state index is 0.0199. The fraction of sp³-hybridized carbons (Fsp3) is 0.286. The van der Waals surface area contributed by atoms with Crippen molar-refractivity contribution in [2.75, 3.05) is 11.1 Å². The molecule has 0 saturated heterocycles. The second-order valence-corrected chi connectivity index (χ2v) is 5.84. The Morgan fingerprint density at radius 2 is 2.30 bits per heavy atom. The summed E-state index contributed by atoms with van der Waals surface area (Å²) in [6.45, 7) is 1.89. The Labute approximate surface area is 126 Å². The predicted molar refractivity (Wildman–Crippen MR) is 82.1 cm³/mol. The maximum Gasteiger partial charge on any atom is 0.225 e. The average Bonchev–Trinajstić information content (AvgIpc) is 2.80. The second kappa shape index (κ2) is 7.36. The van der Waals surface area contributed by atoms with Crippen molar-refractivity contribution >= 4 is 35.0 Å². The number of thioether (sulfide) groups is 1. The lowest BCUT2D eigenvalue weighted by Crippen LogP contribution is -2.12. The number of hydrogen-bond acceptors (Lipinski definition) is 4. The number of aryl methyl sites for hydroxylation is 1. The van der Waals surface area contributed by atoms with E-state index in [2.05, 4.69) is 10.5 Å². The average molecular weight is 311 g/mol. The number of rotatable bonds is 6. The fourth-order valence-corrected chi connectivity index (χ4v) is 2.61. The van der Waals surface area contributed by atoms with Gasteiger partial charge in [-0.2, -0.15) is 11.8 Å². The monoisotopic (exact) mass is 310 g/mol. The van der Waals surface area contributed by atoms with E-state index in [0.717, 1.165) is 28.6 Å². The maximum absolute atomic E-state index is 11.7. The zero-order valence-corrected chi connectivity index (χ0v) is 12.6. The third-order valence-electron chi connectivity index (χ3n) is 2.50. The number of hydrogen-bond donors (Lipinski definition) is 1. The van der Waals surface area contributed by atoms with Gasteiger partial charge >= 0.3 is 0 Å². The summed E-state index contributed by atoms with van der Waals surface area (Å²) in [5, 5.41) is 7.24. The van der Waals surface area contributed by atoms with E-state index in [9.17, 15) is 4.79 Å². The van der Waals surface area contributed by atoms with Gasteiger partial charge in [0.25, 0.3) is 0 Å². The molecule has 6 heteroatoms. The molecule has 0 aliphatic heterocycles. The van der Waals surface area contributed by atoms with E-state index in [-0.39, 0.29) is 5.91 Å². The summed E-state index contributed by atoms with van der Waals surface area (Å²) in [5.74, 6) is 2.27. The highest BCUT2D eigenvalue weighted by Gasteiger charge is 2.05. The third-order valence-corrected chi connectivity index (χ3v) is 3.72. The van der Waals surface area contributed by atoms with Gasteiger partial charge in [0.05, 0.1) is 11.4 Å². The van der Waals surface area contributed by atoms with Crippen LogP contribution in [0.15, 0.2) is 34.9 Å². The Bertz CT molecular complexity index is 586. The SMILES string of the molecule is Cc1cc(CSCCC(=O)Nc2cccc(Cl)c2)on1. The number of nitrogens with one attached hydrogen (secondary N) is 1. The molecule has 1 aromatic heterocycles. The first-order valence-electron chi connectivity index (χ1n) is 6.19. The van der Waals surface area contributed by atoms with Crippen LogP contribution in [0.1, 0.15) is 17.9 Å². The Kier molecular flexibility index (Phi) is 5.49. The van der Waals surface area contributed by atoms with Crippen LogP contribution in [0.2, 0.25) is 5.02 Å². The highest BCUT2D eigenvalue weighted by atomic mass is 35.5. The van der Waals surface area contributed by atoms with Gasteiger partial charge in [-0.25, -0.2) is 0 Å². The van der Waals surface area contributed by atoms with Gasteiger partial charge < -0.3 is 9.84 Å². The maximum atomic E-state index is 11.7. The molecule has 2 rings (SSSR count). The first-order valence-corrected chi connectivity index (χ1v) is 7.72. The van der Waals surface area contributed by atoms with Crippen LogP contribution in [-0.4, -0.2) is 16.8 Å². The Balaban J connectivity index is 1.67. The van der Waals surface area contributed by atoms with Crippen molar-refractivity contribution < 1.29 is 9.32 Å². The van der Waals surface area contributed by atoms with Gasteiger partial charge in [-0.3, -0.25) is 4.79 Å². The van der Waals surface area contributed by atoms with E-state index < -0.39 is 0 Å². The Morgan fingerprint density at radius 3 is 3.00 bits per heavy atom. The molecule has 1 heterocycles. The van der Waals surface area contributed by atoms with Crippen molar-refractivity contribution in [3.8, 4) is 0 Å². The number of benzene rings is 1. The van der Waals surface area contributed by atoms with E-state index in [1.807, 2.05) is 19.1 Å². The summed E-state index contributed by atoms with van der Waals surface area (Å²) in [7, 11) is 0. The van der Waals surface area contributed by atoms with Crippen LogP contribution in [0, 0.1) is 6.92 Å². The molecule has 0 spiro atoms. The molecule has 20 heavy (non-hydrogen) atoms. The van der Waals surface area contributed by atoms with Crippen molar-refractivity contribution in [2.24, 2.45) is 0 Å². The second-order valence-electron chi connectivity index (χ2n) is 4.30. The fourth-order valence-electron chi connectivity index (χ4n) is 1.61. The summed E-state index contributed by atoms with van der Waals surface area (Å²) in [6.07, 6.45) is 0.449. The molecule has 0 bridgehead atoms. The zero-order chi connectivity index (χ0) is 14.4. The summed E-state index contributed by atoms with van der Waals surface area (Å²) in [4.78, 5) is 11.7. The minimum Gasteiger partial charge on any atom is -0.360 e. The molecular weight excluding hydrogens is 296 g/mol. The summed E-state index contributed by atoms with van der Waals surface area (Å²) < 4.78 is 5.09. The molecule has 0 aliphatic rings. The number of halogens is 1. The largest absolute Gasteiger partial charge is 0.360 e. The molecule has 4 nitrogen and oxygen atoms in total. The van der Waals surface area contributed by atoms with Crippen molar-refractivity contribution in [3.63, 3.8) is 0 Å². The molecule has 0 aliphatic carbocycles. The highest BCUT2D eigenvalue weighted by Crippen LogP contribution is 2.16. The van der Waals surface area contributed by atoms with Crippen LogP contribution in [0.3, 0.4) is 0 Å². The molecule has 106 valence electrons. The Morgan fingerprint density at radius 1 is 1.45 bits per heavy atom. The van der Waals surface area contributed by atoms with Crippen molar-refractivity contribution in [3.05, 3.63) is 46.8 Å². The predicted octanol–water partition coefficient (Wildman–Crippen LogP) is 3.90. The number of amides is 1. The topological polar surface area (TPSA) is 55.1 Å². The first kappa shape index (κ1) is 14.9. The smallest absolute Gasteiger partial charge is 0.225 e. The number of anilines is 1. The summed E-state index contributed by atoms with van der Waals surface area (Å²) >= 11 is 7.49. The van der Waals surface area contributed by atoms with Gasteiger partial charge in [-0.05, 0) is 25.1 Å². The Hall–Kier alpha value is -1.46. The zero-order valence-electron chi connectivity index (χ0n) is 11.1. The number of nitrogens with zero attached hydrogens (tertiary/aromatic N) is 1. The summed E-state index contributed by atoms with van der Waals surface area (Å²) in [6, 6.07) is 9.02. The van der Waals surface area contributed by atoms with Crippen LogP contribution in [0.25, 0.3) is 0 Å². The van der Waals surface area contributed by atoms with Gasteiger partial charge in [0.2, 0.25) is 5.91 Å². The first-order chi connectivity index (χ1) is 9.63. The number of aromatic nitrogens is 1. The number of carbonyl (C=O) groups is 1. The third kappa shape index (κ3) is 4.90. The van der Waals surface area contributed by atoms with Gasteiger partial charge in [0.1, 0.15) is 5.76 Å². The minimum atomic E-state index is -0.0199. The van der Waals surface area contributed by atoms with Gasteiger partial charge in [0, 0.05) is 29.0 Å². The normalized spacial score (nSPS) is 10.5. The van der Waals surface area contributed by atoms with E-state index in [1.165, 1.54) is 0 Å². The van der Waals surface area contributed by atoms with E-state index >= 15 is 0 Å². The molecular formula is C14H15ClN2O2S. The lowest BCUT2D eigenvalue weighted by molar-refractivity contribution is -0.115. The van der Waals surface area contributed by atoms with Crippen molar-refractivity contribution in [1.82, 2.24) is 5.16 Å². The summed E-state index contributed by atoms with van der Waals surface area (Å²) in [5.41, 5.74) is 1.60. The van der Waals surface area contributed by atoms with Crippen molar-refractivity contribution in [2.45, 2.75) is 19.1 Å². The highest BCUT2D eigenvalue weighted by molar-refractivity contribution is 7.98. The van der Waals surface area contributed by atoms with E-state index in [1.54, 1.807) is 30.0 Å². The lowest BCUT2D eigenvalue weighted by Gasteiger charge is -2.05. The number of carbonyl (C=O) groups excluding carboxylic acids is 1. The molecule has 2 aromatic rings. The lowest BCUT2D eigenvalue weighted by atomic mass is 10.3. The van der Waals surface area contributed by atoms with Crippen LogP contribution in [-0.2, 0) is 10.5 Å². The molecule has 0 saturated carbocycles. The molecule has 0 unspecified atom stereocenters. The van der Waals surface area contributed by atoms with Gasteiger partial charge in [-0.1, -0.05) is 22.8 Å². The van der Waals surface area contributed by atoms with Crippen LogP contribution < -0.4 is 5.32 Å². The molecule has 0 fully saturated rings. The molecule has 0 atom stereocenters. The van der Waals surface area contributed by atoms with Gasteiger partial charge in [0.15, 0.2) is 0 Å². The molecule has 1 aromatic carbocycles. The quantitative estimate of drug-likeness (QED) is 0.822. The standard InChI is InChI=1S/C14H15ClN2O2S/c1-10-7-13(19-17-10)9-20-6-5-14(18)16-12-4-2-3-11(15)8-12/h2-4,7-8H,5-6,9H2,1H3,(H,16,18). The van der Waals surface area contributed by atoms with Crippen LogP contribution in [0.5, 0.6) is 0 Å². The molecule has 0 radical (unpaired) electrons. The van der Waals surface area contributed by atoms with Crippen molar-refractivity contribution in [1.29, 1.82) is 0 Å². The molecule has 1 amide bonds. The molecule has 1 N–H and O–H groups in total. The van der Waals surface area contributed by atoms with Gasteiger partial charge in [-0.15, -0.1) is 0 Å².